The Labute approximate surface area is 120 Å². The molecule has 20 heavy (non-hydrogen) atoms. The van der Waals surface area contributed by atoms with Gasteiger partial charge in [-0.1, -0.05) is 17.7 Å². The largest absolute Gasteiger partial charge is 0.387 e. The van der Waals surface area contributed by atoms with Crippen molar-refractivity contribution < 1.29 is 4.79 Å². The number of hydrogen-bond donors (Lipinski definition) is 2. The first-order valence-corrected chi connectivity index (χ1v) is 6.68. The van der Waals surface area contributed by atoms with Crippen molar-refractivity contribution in [2.45, 2.75) is 20.8 Å². The molecular weight excluding hydrogens is 248 g/mol. The zero-order valence-electron chi connectivity index (χ0n) is 12.4. The monoisotopic (exact) mass is 268 g/mol. The minimum atomic E-state index is -0.0960. The zero-order chi connectivity index (χ0) is 14.7. The molecule has 0 aliphatic carbocycles. The summed E-state index contributed by atoms with van der Waals surface area (Å²) in [5.41, 5.74) is 5.76. The van der Waals surface area contributed by atoms with Crippen molar-refractivity contribution in [1.29, 1.82) is 0 Å². The average molecular weight is 268 g/mol. The third-order valence-electron chi connectivity index (χ3n) is 3.45. The van der Waals surface area contributed by atoms with Gasteiger partial charge in [0.15, 0.2) is 0 Å². The highest BCUT2D eigenvalue weighted by atomic mass is 16.1. The number of carbonyl (C=O) groups excluding carboxylic acids is 1. The van der Waals surface area contributed by atoms with E-state index in [4.69, 9.17) is 0 Å². The second-order valence-corrected chi connectivity index (χ2v) is 5.05. The molecule has 1 amide bonds. The second-order valence-electron chi connectivity index (χ2n) is 5.05. The van der Waals surface area contributed by atoms with Crippen LogP contribution < -0.4 is 10.6 Å². The van der Waals surface area contributed by atoms with Gasteiger partial charge in [0.05, 0.1) is 5.56 Å². The topological polar surface area (TPSA) is 41.1 Å². The van der Waals surface area contributed by atoms with Gasteiger partial charge in [0.25, 0.3) is 5.91 Å². The van der Waals surface area contributed by atoms with Crippen molar-refractivity contribution in [2.24, 2.45) is 0 Å². The summed E-state index contributed by atoms with van der Waals surface area (Å²) in [6.45, 7) is 6.07. The van der Waals surface area contributed by atoms with E-state index in [1.807, 2.05) is 57.3 Å². The van der Waals surface area contributed by atoms with Crippen molar-refractivity contribution in [2.75, 3.05) is 17.7 Å². The standard InChI is InChI=1S/C17H20N2O/c1-11-5-8-16(18-4)15(9-11)17(20)19-14-7-6-12(2)13(3)10-14/h5-10,18H,1-4H3,(H,19,20). The lowest BCUT2D eigenvalue weighted by Crippen LogP contribution is -2.14. The summed E-state index contributed by atoms with van der Waals surface area (Å²) >= 11 is 0. The molecule has 0 spiro atoms. The molecule has 0 bridgehead atoms. The predicted octanol–water partition coefficient (Wildman–Crippen LogP) is 3.91. The Morgan fingerprint density at radius 3 is 2.35 bits per heavy atom. The van der Waals surface area contributed by atoms with Crippen LogP contribution in [0.25, 0.3) is 0 Å². The van der Waals surface area contributed by atoms with E-state index in [1.165, 1.54) is 11.1 Å². The smallest absolute Gasteiger partial charge is 0.257 e. The van der Waals surface area contributed by atoms with Gasteiger partial charge < -0.3 is 10.6 Å². The van der Waals surface area contributed by atoms with E-state index in [9.17, 15) is 4.79 Å². The molecule has 0 saturated carbocycles. The maximum atomic E-state index is 12.4. The Balaban J connectivity index is 2.27. The van der Waals surface area contributed by atoms with Gasteiger partial charge in [-0.2, -0.15) is 0 Å². The van der Waals surface area contributed by atoms with Gasteiger partial charge in [0.1, 0.15) is 0 Å². The van der Waals surface area contributed by atoms with Crippen LogP contribution in [-0.4, -0.2) is 13.0 Å². The van der Waals surface area contributed by atoms with Crippen LogP contribution in [0.5, 0.6) is 0 Å². The van der Waals surface area contributed by atoms with Gasteiger partial charge in [-0.15, -0.1) is 0 Å². The third-order valence-corrected chi connectivity index (χ3v) is 3.45. The van der Waals surface area contributed by atoms with Crippen LogP contribution in [-0.2, 0) is 0 Å². The van der Waals surface area contributed by atoms with E-state index in [0.29, 0.717) is 5.56 Å². The summed E-state index contributed by atoms with van der Waals surface area (Å²) in [6, 6.07) is 11.7. The van der Waals surface area contributed by atoms with Crippen molar-refractivity contribution in [1.82, 2.24) is 0 Å². The molecule has 0 atom stereocenters. The molecule has 2 rings (SSSR count). The quantitative estimate of drug-likeness (QED) is 0.886. The Hall–Kier alpha value is -2.29. The molecule has 0 saturated heterocycles. The molecule has 2 aromatic carbocycles. The minimum absolute atomic E-state index is 0.0960. The summed E-state index contributed by atoms with van der Waals surface area (Å²) in [5.74, 6) is -0.0960. The second kappa shape index (κ2) is 5.78. The van der Waals surface area contributed by atoms with Gasteiger partial charge in [-0.05, 0) is 56.2 Å². The number of aryl methyl sites for hydroxylation is 3. The molecule has 0 aliphatic rings. The molecule has 0 radical (unpaired) electrons. The molecule has 2 N–H and O–H groups in total. The lowest BCUT2D eigenvalue weighted by molar-refractivity contribution is 0.102. The first-order chi connectivity index (χ1) is 9.51. The number of nitrogens with one attached hydrogen (secondary N) is 2. The molecular formula is C17H20N2O. The summed E-state index contributed by atoms with van der Waals surface area (Å²) in [6.07, 6.45) is 0. The number of rotatable bonds is 3. The van der Waals surface area contributed by atoms with Crippen molar-refractivity contribution >= 4 is 17.3 Å². The summed E-state index contributed by atoms with van der Waals surface area (Å²) in [4.78, 5) is 12.4. The summed E-state index contributed by atoms with van der Waals surface area (Å²) in [5, 5.41) is 6.00. The fourth-order valence-electron chi connectivity index (χ4n) is 2.08. The van der Waals surface area contributed by atoms with Gasteiger partial charge in [-0.3, -0.25) is 4.79 Å². The molecule has 0 heterocycles. The maximum absolute atomic E-state index is 12.4. The van der Waals surface area contributed by atoms with Crippen LogP contribution in [0.4, 0.5) is 11.4 Å². The molecule has 3 nitrogen and oxygen atoms in total. The molecule has 0 aliphatic heterocycles. The van der Waals surface area contributed by atoms with Crippen LogP contribution in [0.3, 0.4) is 0 Å². The van der Waals surface area contributed by atoms with Gasteiger partial charge in [0, 0.05) is 18.4 Å². The highest BCUT2D eigenvalue weighted by molar-refractivity contribution is 6.08. The van der Waals surface area contributed by atoms with Crippen molar-refractivity contribution in [3.05, 3.63) is 58.7 Å². The molecule has 2 aromatic rings. The Bertz CT molecular complexity index is 647. The normalized spacial score (nSPS) is 10.2. The van der Waals surface area contributed by atoms with Gasteiger partial charge in [-0.25, -0.2) is 0 Å². The van der Waals surface area contributed by atoms with E-state index in [2.05, 4.69) is 17.6 Å². The number of anilines is 2. The van der Waals surface area contributed by atoms with Crippen LogP contribution in [0, 0.1) is 20.8 Å². The van der Waals surface area contributed by atoms with E-state index < -0.39 is 0 Å². The number of benzene rings is 2. The highest BCUT2D eigenvalue weighted by Crippen LogP contribution is 2.20. The molecule has 0 fully saturated rings. The lowest BCUT2D eigenvalue weighted by Gasteiger charge is -2.11. The Morgan fingerprint density at radius 2 is 1.70 bits per heavy atom. The summed E-state index contributed by atoms with van der Waals surface area (Å²) < 4.78 is 0. The summed E-state index contributed by atoms with van der Waals surface area (Å²) in [7, 11) is 1.82. The van der Waals surface area contributed by atoms with Gasteiger partial charge in [0.2, 0.25) is 0 Å². The third kappa shape index (κ3) is 2.99. The number of amides is 1. The molecule has 104 valence electrons. The van der Waals surface area contributed by atoms with E-state index in [0.717, 1.165) is 16.9 Å². The van der Waals surface area contributed by atoms with Crippen LogP contribution in [0.2, 0.25) is 0 Å². The van der Waals surface area contributed by atoms with E-state index >= 15 is 0 Å². The fraction of sp³-hybridized carbons (Fsp3) is 0.235. The van der Waals surface area contributed by atoms with Gasteiger partial charge >= 0.3 is 0 Å². The lowest BCUT2D eigenvalue weighted by atomic mass is 10.1. The maximum Gasteiger partial charge on any atom is 0.257 e. The van der Waals surface area contributed by atoms with E-state index in [1.54, 1.807) is 0 Å². The first-order valence-electron chi connectivity index (χ1n) is 6.68. The Kier molecular flexibility index (Phi) is 4.08. The predicted molar refractivity (Wildman–Crippen MR) is 84.6 cm³/mol. The fourth-order valence-corrected chi connectivity index (χ4v) is 2.08. The first kappa shape index (κ1) is 14.1. The van der Waals surface area contributed by atoms with Crippen LogP contribution in [0.15, 0.2) is 36.4 Å². The van der Waals surface area contributed by atoms with E-state index in [-0.39, 0.29) is 5.91 Å². The van der Waals surface area contributed by atoms with Crippen molar-refractivity contribution in [3.8, 4) is 0 Å². The Morgan fingerprint density at radius 1 is 0.950 bits per heavy atom. The molecule has 0 unspecified atom stereocenters. The van der Waals surface area contributed by atoms with Crippen LogP contribution >= 0.6 is 0 Å². The van der Waals surface area contributed by atoms with Crippen molar-refractivity contribution in [3.63, 3.8) is 0 Å². The average Bonchev–Trinajstić information content (AvgIpc) is 2.43. The highest BCUT2D eigenvalue weighted by Gasteiger charge is 2.11. The number of carbonyl (C=O) groups is 1. The molecule has 3 heteroatoms. The zero-order valence-corrected chi connectivity index (χ0v) is 12.4. The number of hydrogen-bond acceptors (Lipinski definition) is 2. The minimum Gasteiger partial charge on any atom is -0.387 e. The SMILES string of the molecule is CNc1ccc(C)cc1C(=O)Nc1ccc(C)c(C)c1. The van der Waals surface area contributed by atoms with Crippen LogP contribution in [0.1, 0.15) is 27.0 Å². The molecule has 0 aromatic heterocycles.